The van der Waals surface area contributed by atoms with Gasteiger partial charge in [-0.05, 0) is 32.9 Å². The number of rotatable bonds is 6. The van der Waals surface area contributed by atoms with E-state index in [4.69, 9.17) is 5.11 Å². The zero-order chi connectivity index (χ0) is 14.7. The zero-order valence-corrected chi connectivity index (χ0v) is 12.2. The molecule has 7 heteroatoms. The van der Waals surface area contributed by atoms with Gasteiger partial charge in [0, 0.05) is 17.7 Å². The Bertz CT molecular complexity index is 391. The van der Waals surface area contributed by atoms with Crippen LogP contribution in [0.25, 0.3) is 0 Å². The minimum absolute atomic E-state index is 0.126. The van der Waals surface area contributed by atoms with Crippen LogP contribution in [-0.4, -0.2) is 40.6 Å². The van der Waals surface area contributed by atoms with Crippen LogP contribution in [0, 0.1) is 5.41 Å². The molecule has 0 aromatic rings. The van der Waals surface area contributed by atoms with Crippen LogP contribution in [0.3, 0.4) is 0 Å². The fourth-order valence-electron chi connectivity index (χ4n) is 1.53. The number of hydrogen-bond acceptors (Lipinski definition) is 4. The van der Waals surface area contributed by atoms with Crippen molar-refractivity contribution >= 4 is 29.7 Å². The van der Waals surface area contributed by atoms with Crippen molar-refractivity contribution in [1.29, 1.82) is 0 Å². The summed E-state index contributed by atoms with van der Waals surface area (Å²) in [6.07, 6.45) is 3.89. The first kappa shape index (κ1) is 15.8. The molecule has 108 valence electrons. The van der Waals surface area contributed by atoms with Crippen molar-refractivity contribution in [3.05, 3.63) is 0 Å². The predicted molar refractivity (Wildman–Crippen MR) is 73.1 cm³/mol. The summed E-state index contributed by atoms with van der Waals surface area (Å²) in [6.45, 7) is 3.41. The molecule has 0 aromatic heterocycles. The largest absolute Gasteiger partial charge is 0.481 e. The molecule has 1 rings (SSSR count). The van der Waals surface area contributed by atoms with Crippen LogP contribution < -0.4 is 10.6 Å². The Labute approximate surface area is 116 Å². The average Bonchev–Trinajstić information content (AvgIpc) is 3.06. The van der Waals surface area contributed by atoms with Crippen molar-refractivity contribution < 1.29 is 19.5 Å². The number of carboxylic acids is 1. The number of thioether (sulfide) groups is 1. The van der Waals surface area contributed by atoms with E-state index >= 15 is 0 Å². The number of carbonyl (C=O) groups is 3. The van der Waals surface area contributed by atoms with Crippen molar-refractivity contribution in [2.45, 2.75) is 37.9 Å². The van der Waals surface area contributed by atoms with Crippen molar-refractivity contribution in [1.82, 2.24) is 10.6 Å². The van der Waals surface area contributed by atoms with Gasteiger partial charge in [0.15, 0.2) is 0 Å². The van der Waals surface area contributed by atoms with E-state index in [9.17, 15) is 14.4 Å². The van der Waals surface area contributed by atoms with Crippen LogP contribution in [-0.2, 0) is 9.59 Å². The standard InChI is InChI=1S/C12H20N2O4S/c1-11(2,9(16)17)6-8(15)14-10(18)13-7-12(19-3)4-5-12/h4-7H2,1-3H3,(H,16,17)(H2,13,14,15,18). The van der Waals surface area contributed by atoms with Crippen LogP contribution in [0.4, 0.5) is 4.79 Å². The third-order valence-corrected chi connectivity index (χ3v) is 4.66. The molecule has 0 saturated heterocycles. The quantitative estimate of drug-likeness (QED) is 0.683. The number of carboxylic acid groups (broad SMARTS) is 1. The summed E-state index contributed by atoms with van der Waals surface area (Å²) in [4.78, 5) is 33.9. The molecule has 3 N–H and O–H groups in total. The van der Waals surface area contributed by atoms with Crippen molar-refractivity contribution in [3.63, 3.8) is 0 Å². The van der Waals surface area contributed by atoms with E-state index in [0.29, 0.717) is 6.54 Å². The van der Waals surface area contributed by atoms with Crippen molar-refractivity contribution in [3.8, 4) is 0 Å². The topological polar surface area (TPSA) is 95.5 Å². The maximum atomic E-state index is 11.5. The number of amides is 3. The number of imide groups is 1. The van der Waals surface area contributed by atoms with Crippen molar-refractivity contribution in [2.75, 3.05) is 12.8 Å². The van der Waals surface area contributed by atoms with Gasteiger partial charge in [-0.2, -0.15) is 11.8 Å². The third kappa shape index (κ3) is 4.74. The molecular weight excluding hydrogens is 268 g/mol. The van der Waals surface area contributed by atoms with E-state index in [-0.39, 0.29) is 11.2 Å². The molecule has 1 aliphatic rings. The Hall–Kier alpha value is -1.24. The number of aliphatic carboxylic acids is 1. The van der Waals surface area contributed by atoms with Crippen LogP contribution in [0.1, 0.15) is 33.1 Å². The fraction of sp³-hybridized carbons (Fsp3) is 0.750. The molecule has 1 aliphatic carbocycles. The Kier molecular flexibility index (Phi) is 4.84. The second-order valence-corrected chi connectivity index (χ2v) is 6.76. The Morgan fingerprint density at radius 3 is 2.32 bits per heavy atom. The van der Waals surface area contributed by atoms with E-state index < -0.39 is 23.3 Å². The highest BCUT2D eigenvalue weighted by atomic mass is 32.2. The second-order valence-electron chi connectivity index (χ2n) is 5.48. The Morgan fingerprint density at radius 1 is 1.32 bits per heavy atom. The van der Waals surface area contributed by atoms with Gasteiger partial charge in [0.25, 0.3) is 0 Å². The molecule has 0 atom stereocenters. The molecule has 0 unspecified atom stereocenters. The lowest BCUT2D eigenvalue weighted by molar-refractivity contribution is -0.149. The van der Waals surface area contributed by atoms with E-state index in [1.54, 1.807) is 11.8 Å². The van der Waals surface area contributed by atoms with Gasteiger partial charge < -0.3 is 10.4 Å². The SMILES string of the molecule is CSC1(CNC(=O)NC(=O)CC(C)(C)C(=O)O)CC1. The van der Waals surface area contributed by atoms with Gasteiger partial charge in [0.05, 0.1) is 5.41 Å². The summed E-state index contributed by atoms with van der Waals surface area (Å²) in [5.41, 5.74) is -1.18. The summed E-state index contributed by atoms with van der Waals surface area (Å²) in [5, 5.41) is 13.7. The average molecular weight is 288 g/mol. The molecule has 6 nitrogen and oxygen atoms in total. The van der Waals surface area contributed by atoms with E-state index in [1.165, 1.54) is 13.8 Å². The van der Waals surface area contributed by atoms with Gasteiger partial charge in [-0.15, -0.1) is 0 Å². The van der Waals surface area contributed by atoms with Crippen molar-refractivity contribution in [2.24, 2.45) is 5.41 Å². The summed E-state index contributed by atoms with van der Waals surface area (Å²) in [5.74, 6) is -1.65. The monoisotopic (exact) mass is 288 g/mol. The first-order chi connectivity index (χ1) is 8.71. The fourth-order valence-corrected chi connectivity index (χ4v) is 2.25. The maximum absolute atomic E-state index is 11.5. The van der Waals surface area contributed by atoms with E-state index in [2.05, 4.69) is 10.6 Å². The molecule has 0 aliphatic heterocycles. The summed E-state index contributed by atoms with van der Waals surface area (Å²) >= 11 is 1.71. The molecular formula is C12H20N2O4S. The van der Waals surface area contributed by atoms with Gasteiger partial charge in [0.1, 0.15) is 0 Å². The smallest absolute Gasteiger partial charge is 0.321 e. The Morgan fingerprint density at radius 2 is 1.89 bits per heavy atom. The minimum Gasteiger partial charge on any atom is -0.481 e. The van der Waals surface area contributed by atoms with Gasteiger partial charge in [-0.3, -0.25) is 14.9 Å². The number of hydrogen-bond donors (Lipinski definition) is 3. The highest BCUT2D eigenvalue weighted by Crippen LogP contribution is 2.46. The molecule has 0 spiro atoms. The zero-order valence-electron chi connectivity index (χ0n) is 11.4. The molecule has 0 heterocycles. The lowest BCUT2D eigenvalue weighted by Gasteiger charge is -2.18. The molecule has 0 radical (unpaired) electrons. The van der Waals surface area contributed by atoms with Crippen LogP contribution in [0.2, 0.25) is 0 Å². The van der Waals surface area contributed by atoms with Crippen LogP contribution >= 0.6 is 11.8 Å². The van der Waals surface area contributed by atoms with Crippen LogP contribution in [0.15, 0.2) is 0 Å². The van der Waals surface area contributed by atoms with Gasteiger partial charge in [-0.1, -0.05) is 0 Å². The van der Waals surface area contributed by atoms with Gasteiger partial charge in [0.2, 0.25) is 5.91 Å². The summed E-state index contributed by atoms with van der Waals surface area (Å²) in [7, 11) is 0. The predicted octanol–water partition coefficient (Wildman–Crippen LogP) is 1.21. The first-order valence-electron chi connectivity index (χ1n) is 6.07. The Balaban J connectivity index is 2.32. The molecule has 0 aromatic carbocycles. The van der Waals surface area contributed by atoms with E-state index in [0.717, 1.165) is 12.8 Å². The highest BCUT2D eigenvalue weighted by Gasteiger charge is 2.42. The first-order valence-corrected chi connectivity index (χ1v) is 7.29. The normalized spacial score (nSPS) is 16.6. The molecule has 1 fully saturated rings. The minimum atomic E-state index is -1.18. The highest BCUT2D eigenvalue weighted by molar-refractivity contribution is 8.00. The summed E-state index contributed by atoms with van der Waals surface area (Å²) in [6, 6.07) is -0.563. The molecule has 0 bridgehead atoms. The lowest BCUT2D eigenvalue weighted by atomic mass is 9.89. The van der Waals surface area contributed by atoms with Gasteiger partial charge in [-0.25, -0.2) is 4.79 Å². The molecule has 19 heavy (non-hydrogen) atoms. The van der Waals surface area contributed by atoms with Crippen LogP contribution in [0.5, 0.6) is 0 Å². The maximum Gasteiger partial charge on any atom is 0.321 e. The lowest BCUT2D eigenvalue weighted by Crippen LogP contribution is -2.44. The number of nitrogens with one attached hydrogen (secondary N) is 2. The third-order valence-electron chi connectivity index (χ3n) is 3.25. The molecule has 3 amide bonds. The molecule has 1 saturated carbocycles. The summed E-state index contributed by atoms with van der Waals surface area (Å²) < 4.78 is 0.126. The second kappa shape index (κ2) is 5.81. The number of carbonyl (C=O) groups excluding carboxylic acids is 2. The van der Waals surface area contributed by atoms with E-state index in [1.807, 2.05) is 6.26 Å². The number of urea groups is 1. The van der Waals surface area contributed by atoms with Gasteiger partial charge >= 0.3 is 12.0 Å².